The number of carbonyl (C=O) groups excluding carboxylic acids is 1. The topological polar surface area (TPSA) is 84.1 Å². The third kappa shape index (κ3) is 3.44. The van der Waals surface area contributed by atoms with Crippen LogP contribution in [-0.2, 0) is 0 Å². The summed E-state index contributed by atoms with van der Waals surface area (Å²) in [6, 6.07) is 7.20. The van der Waals surface area contributed by atoms with Gasteiger partial charge >= 0.3 is 0 Å². The fraction of sp³-hybridized carbons (Fsp3) is 0.278. The summed E-state index contributed by atoms with van der Waals surface area (Å²) in [6.07, 6.45) is 4.28. The van der Waals surface area contributed by atoms with Crippen LogP contribution in [0.3, 0.4) is 0 Å². The minimum atomic E-state index is -0.224. The van der Waals surface area contributed by atoms with Gasteiger partial charge in [-0.15, -0.1) is 0 Å². The molecule has 0 bridgehead atoms. The lowest BCUT2D eigenvalue weighted by atomic mass is 10.1. The van der Waals surface area contributed by atoms with E-state index in [2.05, 4.69) is 26.8 Å². The maximum atomic E-state index is 12.8. The fourth-order valence-corrected chi connectivity index (χ4v) is 2.72. The normalized spacial score (nSPS) is 14.9. The zero-order valence-corrected chi connectivity index (χ0v) is 13.5. The molecule has 0 radical (unpaired) electrons. The Morgan fingerprint density at radius 2 is 2.25 bits per heavy atom. The van der Waals surface area contributed by atoms with Crippen molar-refractivity contribution in [2.24, 2.45) is 0 Å². The number of carbonyl (C=O) groups is 1. The zero-order valence-electron chi connectivity index (χ0n) is 13.5. The molecule has 2 aromatic heterocycles. The highest BCUT2D eigenvalue weighted by atomic mass is 16.1. The van der Waals surface area contributed by atoms with Crippen molar-refractivity contribution in [3.63, 3.8) is 0 Å². The van der Waals surface area contributed by atoms with Crippen LogP contribution in [0.4, 0.5) is 11.6 Å². The number of nitrogen functional groups attached to an aromatic ring is 1. The van der Waals surface area contributed by atoms with Gasteiger partial charge in [-0.1, -0.05) is 18.7 Å². The highest BCUT2D eigenvalue weighted by Crippen LogP contribution is 2.19. The minimum Gasteiger partial charge on any atom is -0.383 e. The largest absolute Gasteiger partial charge is 0.383 e. The van der Waals surface area contributed by atoms with Gasteiger partial charge in [0, 0.05) is 30.1 Å². The molecule has 3 rings (SSSR count). The van der Waals surface area contributed by atoms with E-state index >= 15 is 0 Å². The van der Waals surface area contributed by atoms with E-state index in [1.54, 1.807) is 24.4 Å². The second-order valence-corrected chi connectivity index (χ2v) is 5.71. The molecule has 0 unspecified atom stereocenters. The molecule has 1 saturated heterocycles. The van der Waals surface area contributed by atoms with Crippen LogP contribution in [0.5, 0.6) is 0 Å². The van der Waals surface area contributed by atoms with Gasteiger partial charge in [0.05, 0.1) is 5.56 Å². The van der Waals surface area contributed by atoms with E-state index in [4.69, 9.17) is 5.73 Å². The molecule has 0 aromatic carbocycles. The first-order valence-corrected chi connectivity index (χ1v) is 8.04. The van der Waals surface area contributed by atoms with E-state index in [0.29, 0.717) is 11.3 Å². The van der Waals surface area contributed by atoms with Gasteiger partial charge in [-0.3, -0.25) is 4.79 Å². The lowest BCUT2D eigenvalue weighted by Crippen LogP contribution is -2.29. The van der Waals surface area contributed by atoms with Crippen LogP contribution in [-0.4, -0.2) is 41.9 Å². The SMILES string of the molecule is C=Cc1cnc(N)c(C(=O)c2cccc(N3CCCNCC3)n2)c1.[HH].[HH].[HH]. The molecule has 1 aliphatic heterocycles. The summed E-state index contributed by atoms with van der Waals surface area (Å²) in [4.78, 5) is 23.6. The molecule has 0 amide bonds. The summed E-state index contributed by atoms with van der Waals surface area (Å²) in [7, 11) is 0. The van der Waals surface area contributed by atoms with Crippen molar-refractivity contribution in [1.82, 2.24) is 15.3 Å². The lowest BCUT2D eigenvalue weighted by molar-refractivity contribution is 0.103. The molecule has 6 nitrogen and oxygen atoms in total. The predicted octanol–water partition coefficient (Wildman–Crippen LogP) is 2.47. The first-order valence-electron chi connectivity index (χ1n) is 8.04. The summed E-state index contributed by atoms with van der Waals surface area (Å²) in [5.41, 5.74) is 7.35. The number of pyridine rings is 2. The van der Waals surface area contributed by atoms with E-state index in [1.807, 2.05) is 12.1 Å². The van der Waals surface area contributed by atoms with Crippen LogP contribution in [0.2, 0.25) is 0 Å². The average Bonchev–Trinajstić information content (AvgIpc) is 2.91. The van der Waals surface area contributed by atoms with Gasteiger partial charge in [-0.25, -0.2) is 9.97 Å². The molecule has 2 aromatic rings. The first kappa shape index (κ1) is 16.1. The highest BCUT2D eigenvalue weighted by Gasteiger charge is 2.17. The quantitative estimate of drug-likeness (QED) is 0.838. The lowest BCUT2D eigenvalue weighted by Gasteiger charge is -2.21. The zero-order chi connectivity index (χ0) is 16.9. The number of ketones is 1. The van der Waals surface area contributed by atoms with Gasteiger partial charge in [0.2, 0.25) is 5.78 Å². The maximum absolute atomic E-state index is 12.8. The van der Waals surface area contributed by atoms with Gasteiger partial charge in [0.25, 0.3) is 0 Å². The van der Waals surface area contributed by atoms with Crippen molar-refractivity contribution in [2.45, 2.75) is 6.42 Å². The van der Waals surface area contributed by atoms with Crippen molar-refractivity contribution in [1.29, 1.82) is 0 Å². The second kappa shape index (κ2) is 7.23. The number of aromatic nitrogens is 2. The van der Waals surface area contributed by atoms with Crippen LogP contribution in [0.25, 0.3) is 6.08 Å². The van der Waals surface area contributed by atoms with Crippen molar-refractivity contribution in [2.75, 3.05) is 36.8 Å². The number of nitrogens with two attached hydrogens (primary N) is 1. The van der Waals surface area contributed by atoms with Crippen LogP contribution < -0.4 is 16.0 Å². The number of nitrogens with zero attached hydrogens (tertiary/aromatic N) is 3. The summed E-state index contributed by atoms with van der Waals surface area (Å²) in [6.45, 7) is 7.42. The third-order valence-corrected chi connectivity index (χ3v) is 4.05. The first-order chi connectivity index (χ1) is 11.7. The van der Waals surface area contributed by atoms with Gasteiger partial charge < -0.3 is 16.0 Å². The maximum Gasteiger partial charge on any atom is 0.215 e. The number of rotatable bonds is 4. The molecule has 6 heteroatoms. The Kier molecular flexibility index (Phi) is 4.86. The van der Waals surface area contributed by atoms with E-state index in [-0.39, 0.29) is 15.9 Å². The highest BCUT2D eigenvalue weighted by molar-refractivity contribution is 6.10. The van der Waals surface area contributed by atoms with E-state index < -0.39 is 0 Å². The van der Waals surface area contributed by atoms with Crippen molar-refractivity contribution >= 4 is 23.5 Å². The van der Waals surface area contributed by atoms with Crippen molar-refractivity contribution in [3.05, 3.63) is 53.9 Å². The summed E-state index contributed by atoms with van der Waals surface area (Å²) >= 11 is 0. The van der Waals surface area contributed by atoms with Crippen LogP contribution >= 0.6 is 0 Å². The summed E-state index contributed by atoms with van der Waals surface area (Å²) in [5, 5.41) is 3.36. The molecule has 1 aliphatic rings. The number of anilines is 2. The van der Waals surface area contributed by atoms with E-state index in [1.165, 1.54) is 0 Å². The van der Waals surface area contributed by atoms with Gasteiger partial charge in [-0.05, 0) is 36.7 Å². The summed E-state index contributed by atoms with van der Waals surface area (Å²) < 4.78 is 0. The third-order valence-electron chi connectivity index (χ3n) is 4.05. The Morgan fingerprint density at radius 3 is 3.08 bits per heavy atom. The average molecular weight is 329 g/mol. The Balaban J connectivity index is 0.00000225. The molecular formula is C18H27N5O. The Bertz CT molecular complexity index is 764. The Hall–Kier alpha value is -2.73. The minimum absolute atomic E-state index is 0. The molecular weight excluding hydrogens is 302 g/mol. The van der Waals surface area contributed by atoms with E-state index in [0.717, 1.165) is 44.0 Å². The Morgan fingerprint density at radius 1 is 1.38 bits per heavy atom. The number of hydrogen-bond acceptors (Lipinski definition) is 6. The summed E-state index contributed by atoms with van der Waals surface area (Å²) in [5.74, 6) is 0.797. The number of hydrogen-bond donors (Lipinski definition) is 2. The molecule has 0 saturated carbocycles. The van der Waals surface area contributed by atoms with Crippen LogP contribution in [0, 0.1) is 0 Å². The molecule has 0 aliphatic carbocycles. The monoisotopic (exact) mass is 329 g/mol. The molecule has 3 N–H and O–H groups in total. The predicted molar refractivity (Wildman–Crippen MR) is 102 cm³/mol. The molecule has 0 spiro atoms. The standard InChI is InChI=1S/C18H21N5O.3H2/c1-2-13-11-14(18(19)21-12-13)17(24)15-5-3-6-16(22-15)23-9-4-7-20-8-10-23;;;/h2-3,5-6,11-12,20H,1,4,7-10H2,(H2,19,21);3*1H. The van der Waals surface area contributed by atoms with E-state index in [9.17, 15) is 4.79 Å². The van der Waals surface area contributed by atoms with Gasteiger partial charge in [-0.2, -0.15) is 0 Å². The molecule has 130 valence electrons. The molecule has 3 heterocycles. The second-order valence-electron chi connectivity index (χ2n) is 5.71. The van der Waals surface area contributed by atoms with Crippen molar-refractivity contribution in [3.8, 4) is 0 Å². The van der Waals surface area contributed by atoms with Crippen LogP contribution in [0.15, 0.2) is 37.0 Å². The van der Waals surface area contributed by atoms with Gasteiger partial charge in [0.1, 0.15) is 17.3 Å². The smallest absolute Gasteiger partial charge is 0.215 e. The van der Waals surface area contributed by atoms with Crippen LogP contribution in [0.1, 0.15) is 32.3 Å². The molecule has 24 heavy (non-hydrogen) atoms. The fourth-order valence-electron chi connectivity index (χ4n) is 2.72. The van der Waals surface area contributed by atoms with Gasteiger partial charge in [0.15, 0.2) is 0 Å². The van der Waals surface area contributed by atoms with Crippen molar-refractivity contribution < 1.29 is 9.07 Å². The number of nitrogens with one attached hydrogen (secondary N) is 1. The molecule has 0 atom stereocenters. The molecule has 1 fully saturated rings. The Labute approximate surface area is 145 Å².